The van der Waals surface area contributed by atoms with E-state index < -0.39 is 0 Å². The van der Waals surface area contributed by atoms with Crippen LogP contribution in [0.25, 0.3) is 0 Å². The summed E-state index contributed by atoms with van der Waals surface area (Å²) in [6.45, 7) is 0. The Morgan fingerprint density at radius 2 is 1.86 bits per heavy atom. The molecular weight excluding hydrogens is 276 g/mol. The highest BCUT2D eigenvalue weighted by Crippen LogP contribution is 2.51. The van der Waals surface area contributed by atoms with Crippen molar-refractivity contribution in [1.29, 1.82) is 0 Å². The number of rotatable bonds is 3. The Kier molecular flexibility index (Phi) is 4.60. The van der Waals surface area contributed by atoms with E-state index in [1.54, 1.807) is 0 Å². The number of hydrogen-bond acceptors (Lipinski definition) is 3. The molecule has 0 bridgehead atoms. The second-order valence-corrected chi connectivity index (χ2v) is 6.64. The predicted octanol–water partition coefficient (Wildman–Crippen LogP) is 3.73. The first-order chi connectivity index (χ1) is 10.7. The smallest absolute Gasteiger partial charge is 0.305 e. The summed E-state index contributed by atoms with van der Waals surface area (Å²) < 4.78 is 4.89. The first-order valence-electron chi connectivity index (χ1n) is 8.38. The molecule has 2 unspecified atom stereocenters. The molecule has 0 aromatic heterocycles. The zero-order valence-corrected chi connectivity index (χ0v) is 13.2. The van der Waals surface area contributed by atoms with Gasteiger partial charge in [0.2, 0.25) is 0 Å². The molecule has 2 aliphatic rings. The minimum absolute atomic E-state index is 0.102. The third kappa shape index (κ3) is 2.81. The fraction of sp³-hybridized carbons (Fsp3) is 0.579. The number of carbonyl (C=O) groups is 2. The van der Waals surface area contributed by atoms with Crippen molar-refractivity contribution in [2.75, 3.05) is 7.11 Å². The molecule has 0 saturated heterocycles. The van der Waals surface area contributed by atoms with E-state index in [4.69, 9.17) is 4.74 Å². The quantitative estimate of drug-likeness (QED) is 0.799. The van der Waals surface area contributed by atoms with E-state index in [1.807, 2.05) is 30.3 Å². The summed E-state index contributed by atoms with van der Waals surface area (Å²) in [4.78, 5) is 24.9. The zero-order valence-electron chi connectivity index (χ0n) is 13.2. The number of ether oxygens (including phenoxy) is 1. The average Bonchev–Trinajstić information content (AvgIpc) is 2.73. The molecule has 22 heavy (non-hydrogen) atoms. The number of ketones is 1. The number of Topliss-reactive ketones (excluding diaryl/α,β-unsaturated/α-hetero) is 1. The standard InChI is InChI=1S/C19H24O3/c1-22-17(20)12-16-14-10-6-3-7-11-15(14)19(21)18(16)13-8-4-2-5-9-13/h2,4-5,8-9,14-16,18H,3,6-7,10-12H2,1H3/t14?,15?,16-,18+/m0/s1. The van der Waals surface area contributed by atoms with Crippen molar-refractivity contribution in [2.24, 2.45) is 17.8 Å². The Morgan fingerprint density at radius 1 is 1.14 bits per heavy atom. The van der Waals surface area contributed by atoms with Crippen molar-refractivity contribution in [1.82, 2.24) is 0 Å². The van der Waals surface area contributed by atoms with Crippen molar-refractivity contribution >= 4 is 11.8 Å². The normalized spacial score (nSPS) is 31.4. The predicted molar refractivity (Wildman–Crippen MR) is 84.4 cm³/mol. The van der Waals surface area contributed by atoms with E-state index >= 15 is 0 Å². The van der Waals surface area contributed by atoms with E-state index in [0.717, 1.165) is 24.8 Å². The minimum Gasteiger partial charge on any atom is -0.469 e. The molecule has 1 aromatic carbocycles. The lowest BCUT2D eigenvalue weighted by Gasteiger charge is -2.24. The van der Waals surface area contributed by atoms with E-state index in [1.165, 1.54) is 20.0 Å². The molecule has 2 fully saturated rings. The van der Waals surface area contributed by atoms with Crippen LogP contribution in [0.15, 0.2) is 30.3 Å². The number of benzene rings is 1. The van der Waals surface area contributed by atoms with E-state index in [0.29, 0.717) is 18.1 Å². The van der Waals surface area contributed by atoms with Gasteiger partial charge in [0.15, 0.2) is 0 Å². The van der Waals surface area contributed by atoms with Crippen molar-refractivity contribution in [3.05, 3.63) is 35.9 Å². The van der Waals surface area contributed by atoms with Crippen LogP contribution in [0.1, 0.15) is 50.0 Å². The van der Waals surface area contributed by atoms with Gasteiger partial charge in [-0.05, 0) is 30.2 Å². The third-order valence-corrected chi connectivity index (χ3v) is 5.51. The Labute approximate surface area is 132 Å². The molecule has 4 atom stereocenters. The van der Waals surface area contributed by atoms with Gasteiger partial charge in [-0.15, -0.1) is 0 Å². The number of esters is 1. The fourth-order valence-corrected chi connectivity index (χ4v) is 4.51. The Bertz CT molecular complexity index is 537. The van der Waals surface area contributed by atoms with Crippen LogP contribution in [-0.2, 0) is 14.3 Å². The zero-order chi connectivity index (χ0) is 15.5. The Balaban J connectivity index is 1.94. The maximum atomic E-state index is 13.0. The summed E-state index contributed by atoms with van der Waals surface area (Å²) in [7, 11) is 1.43. The molecule has 0 heterocycles. The lowest BCUT2D eigenvalue weighted by molar-refractivity contribution is -0.142. The summed E-state index contributed by atoms with van der Waals surface area (Å²) >= 11 is 0. The second kappa shape index (κ2) is 6.64. The minimum atomic E-state index is -0.191. The molecular formula is C19H24O3. The van der Waals surface area contributed by atoms with Crippen molar-refractivity contribution < 1.29 is 14.3 Å². The molecule has 0 aliphatic heterocycles. The molecule has 0 spiro atoms. The topological polar surface area (TPSA) is 43.4 Å². The summed E-state index contributed by atoms with van der Waals surface area (Å²) in [6, 6.07) is 9.98. The van der Waals surface area contributed by atoms with Gasteiger partial charge in [-0.1, -0.05) is 49.6 Å². The molecule has 0 N–H and O–H groups in total. The van der Waals surface area contributed by atoms with Gasteiger partial charge in [-0.2, -0.15) is 0 Å². The first-order valence-corrected chi connectivity index (χ1v) is 8.38. The molecule has 3 nitrogen and oxygen atoms in total. The van der Waals surface area contributed by atoms with Gasteiger partial charge in [0.05, 0.1) is 7.11 Å². The molecule has 3 heteroatoms. The first kappa shape index (κ1) is 15.3. The maximum absolute atomic E-state index is 13.0. The molecule has 0 radical (unpaired) electrons. The maximum Gasteiger partial charge on any atom is 0.305 e. The fourth-order valence-electron chi connectivity index (χ4n) is 4.51. The summed E-state index contributed by atoms with van der Waals surface area (Å²) in [5.74, 6) is 0.621. The monoisotopic (exact) mass is 300 g/mol. The lowest BCUT2D eigenvalue weighted by atomic mass is 9.80. The van der Waals surface area contributed by atoms with Crippen LogP contribution < -0.4 is 0 Å². The van der Waals surface area contributed by atoms with Crippen LogP contribution in [0, 0.1) is 17.8 Å². The van der Waals surface area contributed by atoms with E-state index in [-0.39, 0.29) is 23.7 Å². The van der Waals surface area contributed by atoms with E-state index in [2.05, 4.69) is 0 Å². The van der Waals surface area contributed by atoms with Gasteiger partial charge < -0.3 is 4.74 Å². The Morgan fingerprint density at radius 3 is 2.59 bits per heavy atom. The SMILES string of the molecule is COC(=O)C[C@H]1C2CCCCCC2C(=O)[C@@H]1c1ccccc1. The highest BCUT2D eigenvalue weighted by molar-refractivity contribution is 5.91. The average molecular weight is 300 g/mol. The molecule has 118 valence electrons. The van der Waals surface area contributed by atoms with Gasteiger partial charge in [0, 0.05) is 18.3 Å². The number of carbonyl (C=O) groups excluding carboxylic acids is 2. The molecule has 2 aliphatic carbocycles. The van der Waals surface area contributed by atoms with Crippen molar-refractivity contribution in [3.8, 4) is 0 Å². The van der Waals surface area contributed by atoms with Gasteiger partial charge in [-0.3, -0.25) is 9.59 Å². The highest BCUT2D eigenvalue weighted by Gasteiger charge is 2.50. The van der Waals surface area contributed by atoms with Gasteiger partial charge >= 0.3 is 5.97 Å². The molecule has 2 saturated carbocycles. The molecule has 1 aromatic rings. The van der Waals surface area contributed by atoms with Crippen LogP contribution in [0.5, 0.6) is 0 Å². The Hall–Kier alpha value is -1.64. The van der Waals surface area contributed by atoms with Gasteiger partial charge in [-0.25, -0.2) is 0 Å². The molecule has 0 amide bonds. The number of fused-ring (bicyclic) bond motifs is 1. The van der Waals surface area contributed by atoms with Crippen molar-refractivity contribution in [3.63, 3.8) is 0 Å². The number of hydrogen-bond donors (Lipinski definition) is 0. The summed E-state index contributed by atoms with van der Waals surface area (Å²) in [6.07, 6.45) is 5.95. The van der Waals surface area contributed by atoms with Crippen LogP contribution >= 0.6 is 0 Å². The van der Waals surface area contributed by atoms with Crippen LogP contribution in [0.4, 0.5) is 0 Å². The summed E-state index contributed by atoms with van der Waals surface area (Å²) in [5.41, 5.74) is 1.06. The number of methoxy groups -OCH3 is 1. The van der Waals surface area contributed by atoms with Crippen LogP contribution in [-0.4, -0.2) is 18.9 Å². The lowest BCUT2D eigenvalue weighted by Crippen LogP contribution is -2.21. The van der Waals surface area contributed by atoms with E-state index in [9.17, 15) is 9.59 Å². The third-order valence-electron chi connectivity index (χ3n) is 5.51. The van der Waals surface area contributed by atoms with Crippen LogP contribution in [0.3, 0.4) is 0 Å². The van der Waals surface area contributed by atoms with Gasteiger partial charge in [0.1, 0.15) is 5.78 Å². The summed E-state index contributed by atoms with van der Waals surface area (Å²) in [5, 5.41) is 0. The highest BCUT2D eigenvalue weighted by atomic mass is 16.5. The van der Waals surface area contributed by atoms with Crippen molar-refractivity contribution in [2.45, 2.75) is 44.4 Å². The van der Waals surface area contributed by atoms with Crippen LogP contribution in [0.2, 0.25) is 0 Å². The van der Waals surface area contributed by atoms with Gasteiger partial charge in [0.25, 0.3) is 0 Å². The molecule has 3 rings (SSSR count). The largest absolute Gasteiger partial charge is 0.469 e. The second-order valence-electron chi connectivity index (χ2n) is 6.64.